The Bertz CT molecular complexity index is 1210. The molecule has 4 rings (SSSR count). The van der Waals surface area contributed by atoms with Gasteiger partial charge in [-0.05, 0) is 65.3 Å². The highest BCUT2D eigenvalue weighted by molar-refractivity contribution is 5.80. The molecule has 0 atom stereocenters. The molecule has 0 spiro atoms. The van der Waals surface area contributed by atoms with E-state index in [1.807, 2.05) is 0 Å². The molecule has 2 nitrogen and oxygen atoms in total. The van der Waals surface area contributed by atoms with Gasteiger partial charge in [0.2, 0.25) is 0 Å². The molecule has 0 N–H and O–H groups in total. The van der Waals surface area contributed by atoms with Crippen molar-refractivity contribution in [1.29, 1.82) is 0 Å². The third-order valence-corrected chi connectivity index (χ3v) is 6.16. The Kier molecular flexibility index (Phi) is 5.05. The average Bonchev–Trinajstić information content (AvgIpc) is 3.00. The van der Waals surface area contributed by atoms with Gasteiger partial charge in [0, 0.05) is 0 Å². The van der Waals surface area contributed by atoms with Crippen molar-refractivity contribution in [2.75, 3.05) is 0 Å². The molecule has 0 aliphatic carbocycles. The molecule has 154 valence electrons. The first kappa shape index (κ1) is 20.4. The number of fused-ring (bicyclic) bond motifs is 1. The van der Waals surface area contributed by atoms with Gasteiger partial charge in [-0.1, -0.05) is 71.0 Å². The molecule has 0 unspecified atom stereocenters. The van der Waals surface area contributed by atoms with E-state index in [0.29, 0.717) is 5.92 Å². The number of aryl methyl sites for hydroxylation is 2. The first-order valence-corrected chi connectivity index (χ1v) is 10.9. The van der Waals surface area contributed by atoms with Gasteiger partial charge in [-0.2, -0.15) is 4.57 Å². The zero-order chi connectivity index (χ0) is 21.6. The topological polar surface area (TPSA) is 8.81 Å². The predicted molar refractivity (Wildman–Crippen MR) is 127 cm³/mol. The van der Waals surface area contributed by atoms with Crippen LogP contribution in [0.5, 0.6) is 0 Å². The lowest BCUT2D eigenvalue weighted by Gasteiger charge is -2.20. The van der Waals surface area contributed by atoms with Crippen LogP contribution in [0.1, 0.15) is 57.2 Å². The van der Waals surface area contributed by atoms with Gasteiger partial charge in [0.25, 0.3) is 5.82 Å². The molecule has 0 saturated heterocycles. The summed E-state index contributed by atoms with van der Waals surface area (Å²) >= 11 is 0. The Balaban J connectivity index is 2.11. The number of hydrogen-bond acceptors (Lipinski definition) is 0. The minimum Gasteiger partial charge on any atom is -0.225 e. The summed E-state index contributed by atoms with van der Waals surface area (Å²) in [5.41, 5.74) is 9.11. The summed E-state index contributed by atoms with van der Waals surface area (Å²) in [5.74, 6) is 1.73. The third kappa shape index (κ3) is 3.45. The zero-order valence-electron chi connectivity index (χ0n) is 19.3. The molecule has 0 radical (unpaired) electrons. The van der Waals surface area contributed by atoms with Crippen LogP contribution in [-0.2, 0) is 12.5 Å². The Morgan fingerprint density at radius 2 is 1.57 bits per heavy atom. The largest absolute Gasteiger partial charge is 0.295 e. The van der Waals surface area contributed by atoms with Crippen molar-refractivity contribution in [2.45, 2.75) is 52.9 Å². The van der Waals surface area contributed by atoms with E-state index in [4.69, 9.17) is 0 Å². The van der Waals surface area contributed by atoms with Crippen LogP contribution in [0.4, 0.5) is 0 Å². The van der Waals surface area contributed by atoms with Gasteiger partial charge in [-0.25, -0.2) is 4.57 Å². The summed E-state index contributed by atoms with van der Waals surface area (Å²) in [7, 11) is 2.20. The number of rotatable bonds is 3. The Morgan fingerprint density at radius 3 is 2.20 bits per heavy atom. The van der Waals surface area contributed by atoms with E-state index in [0.717, 1.165) is 0 Å². The fourth-order valence-corrected chi connectivity index (χ4v) is 4.20. The van der Waals surface area contributed by atoms with Crippen molar-refractivity contribution >= 4 is 11.0 Å². The minimum absolute atomic E-state index is 0.107. The minimum atomic E-state index is 0.107. The first-order valence-electron chi connectivity index (χ1n) is 10.9. The molecule has 0 saturated carbocycles. The predicted octanol–water partition coefficient (Wildman–Crippen LogP) is 6.85. The summed E-state index contributed by atoms with van der Waals surface area (Å²) < 4.78 is 4.78. The normalized spacial score (nSPS) is 12.1. The summed E-state index contributed by atoms with van der Waals surface area (Å²) in [6, 6.07) is 24.5. The fourth-order valence-electron chi connectivity index (χ4n) is 4.20. The van der Waals surface area contributed by atoms with Crippen LogP contribution >= 0.6 is 0 Å². The molecule has 0 fully saturated rings. The number of nitrogens with zero attached hydrogens (tertiary/aromatic N) is 2. The van der Waals surface area contributed by atoms with Crippen LogP contribution in [0.2, 0.25) is 0 Å². The average molecular weight is 398 g/mol. The van der Waals surface area contributed by atoms with Crippen LogP contribution < -0.4 is 4.57 Å². The molecule has 4 aromatic rings. The van der Waals surface area contributed by atoms with E-state index in [-0.39, 0.29) is 5.41 Å². The van der Waals surface area contributed by atoms with Crippen molar-refractivity contribution < 1.29 is 4.57 Å². The maximum Gasteiger partial charge on any atom is 0.295 e. The van der Waals surface area contributed by atoms with Crippen LogP contribution in [-0.4, -0.2) is 4.57 Å². The Labute approximate surface area is 180 Å². The fraction of sp³-hybridized carbons (Fsp3) is 0.321. The molecule has 0 bridgehead atoms. The number of aromatic nitrogens is 2. The number of imidazole rings is 1. The van der Waals surface area contributed by atoms with Gasteiger partial charge >= 0.3 is 0 Å². The van der Waals surface area contributed by atoms with E-state index in [2.05, 4.69) is 124 Å². The van der Waals surface area contributed by atoms with Gasteiger partial charge < -0.3 is 0 Å². The molecular formula is C28H33N2+. The highest BCUT2D eigenvalue weighted by atomic mass is 15.2. The molecule has 0 amide bonds. The summed E-state index contributed by atoms with van der Waals surface area (Å²) in [6.07, 6.45) is 0. The SMILES string of the molecule is Cc1ccc(C(C)(C)C)cc1-c1n(-c2ccccc2)c2ccc(C(C)C)cc2[n+]1C. The highest BCUT2D eigenvalue weighted by Crippen LogP contribution is 2.33. The van der Waals surface area contributed by atoms with Gasteiger partial charge in [0.15, 0.2) is 11.0 Å². The summed E-state index contributed by atoms with van der Waals surface area (Å²) in [5, 5.41) is 0. The third-order valence-electron chi connectivity index (χ3n) is 6.16. The smallest absolute Gasteiger partial charge is 0.225 e. The number of benzene rings is 3. The standard InChI is InChI=1S/C28H33N2/c1-19(2)21-14-16-25-26(17-21)29(7)27(30(25)23-11-9-8-10-12-23)24-18-22(28(4,5)6)15-13-20(24)3/h8-19H,1-7H3/q+1. The molecule has 1 heterocycles. The van der Waals surface area contributed by atoms with Crippen LogP contribution in [0, 0.1) is 6.92 Å². The monoisotopic (exact) mass is 397 g/mol. The van der Waals surface area contributed by atoms with Crippen LogP contribution in [0.3, 0.4) is 0 Å². The molecule has 3 aromatic carbocycles. The maximum absolute atomic E-state index is 2.41. The Hall–Kier alpha value is -2.87. The van der Waals surface area contributed by atoms with E-state index < -0.39 is 0 Å². The van der Waals surface area contributed by atoms with E-state index in [9.17, 15) is 0 Å². The quantitative estimate of drug-likeness (QED) is 0.334. The van der Waals surface area contributed by atoms with Crippen molar-refractivity contribution in [1.82, 2.24) is 4.57 Å². The van der Waals surface area contributed by atoms with Crippen molar-refractivity contribution in [3.8, 4) is 17.1 Å². The van der Waals surface area contributed by atoms with Crippen molar-refractivity contribution in [2.24, 2.45) is 7.05 Å². The maximum atomic E-state index is 2.41. The van der Waals surface area contributed by atoms with E-state index >= 15 is 0 Å². The summed E-state index contributed by atoms with van der Waals surface area (Å²) in [6.45, 7) is 13.6. The van der Waals surface area contributed by atoms with Gasteiger partial charge in [-0.3, -0.25) is 0 Å². The molecule has 30 heavy (non-hydrogen) atoms. The van der Waals surface area contributed by atoms with Crippen LogP contribution in [0.25, 0.3) is 28.1 Å². The van der Waals surface area contributed by atoms with Crippen LogP contribution in [0.15, 0.2) is 66.7 Å². The molecule has 0 aliphatic rings. The molecular weight excluding hydrogens is 364 g/mol. The van der Waals surface area contributed by atoms with Crippen molar-refractivity contribution in [3.63, 3.8) is 0 Å². The highest BCUT2D eigenvalue weighted by Gasteiger charge is 2.28. The second kappa shape index (κ2) is 7.43. The number of hydrogen-bond donors (Lipinski definition) is 0. The summed E-state index contributed by atoms with van der Waals surface area (Å²) in [4.78, 5) is 0. The second-order valence-electron chi connectivity index (χ2n) is 9.74. The first-order chi connectivity index (χ1) is 14.2. The molecule has 0 aliphatic heterocycles. The number of para-hydroxylation sites is 1. The molecule has 2 heteroatoms. The second-order valence-corrected chi connectivity index (χ2v) is 9.74. The molecule has 1 aromatic heterocycles. The lowest BCUT2D eigenvalue weighted by atomic mass is 9.85. The lowest BCUT2D eigenvalue weighted by molar-refractivity contribution is -0.633. The Morgan fingerprint density at radius 1 is 0.867 bits per heavy atom. The zero-order valence-corrected chi connectivity index (χ0v) is 19.3. The van der Waals surface area contributed by atoms with E-state index in [1.54, 1.807) is 0 Å². The van der Waals surface area contributed by atoms with Crippen molar-refractivity contribution in [3.05, 3.63) is 83.4 Å². The lowest BCUT2D eigenvalue weighted by Crippen LogP contribution is -2.30. The van der Waals surface area contributed by atoms with Gasteiger partial charge in [-0.15, -0.1) is 0 Å². The van der Waals surface area contributed by atoms with E-state index in [1.165, 1.54) is 44.8 Å². The van der Waals surface area contributed by atoms with Gasteiger partial charge in [0.05, 0.1) is 12.6 Å². The van der Waals surface area contributed by atoms with Gasteiger partial charge in [0.1, 0.15) is 5.69 Å².